The van der Waals surface area contributed by atoms with Crippen LogP contribution in [-0.2, 0) is 6.54 Å². The van der Waals surface area contributed by atoms with Crippen LogP contribution in [-0.4, -0.2) is 16.3 Å². The van der Waals surface area contributed by atoms with Crippen LogP contribution in [0.4, 0.5) is 0 Å². The van der Waals surface area contributed by atoms with Gasteiger partial charge in [0.2, 0.25) is 0 Å². The Labute approximate surface area is 137 Å². The van der Waals surface area contributed by atoms with Gasteiger partial charge in [-0.05, 0) is 53.5 Å². The van der Waals surface area contributed by atoms with Crippen molar-refractivity contribution < 1.29 is 0 Å². The van der Waals surface area contributed by atoms with E-state index in [1.807, 2.05) is 10.9 Å². The highest BCUT2D eigenvalue weighted by Gasteiger charge is 2.22. The van der Waals surface area contributed by atoms with Gasteiger partial charge in [-0.3, -0.25) is 4.68 Å². The summed E-state index contributed by atoms with van der Waals surface area (Å²) in [6, 6.07) is 6.59. The molecule has 3 nitrogen and oxygen atoms in total. The van der Waals surface area contributed by atoms with Crippen molar-refractivity contribution >= 4 is 31.9 Å². The predicted octanol–water partition coefficient (Wildman–Crippen LogP) is 4.44. The van der Waals surface area contributed by atoms with Crippen LogP contribution in [0.5, 0.6) is 0 Å². The second-order valence-corrected chi connectivity index (χ2v) is 6.42. The molecule has 2 rings (SSSR count). The number of nitrogens with one attached hydrogen (secondary N) is 1. The minimum absolute atomic E-state index is 0.117. The van der Waals surface area contributed by atoms with Gasteiger partial charge in [-0.25, -0.2) is 0 Å². The first-order valence-corrected chi connectivity index (χ1v) is 8.37. The van der Waals surface area contributed by atoms with E-state index in [2.05, 4.69) is 81.2 Å². The number of aryl methyl sites for hydroxylation is 2. The standard InChI is InChI=1S/C15H19Br2N3/c1-4-18-14(11-7-6-10(3)8-12(11)16)15-13(17)9-19-20(15)5-2/h6-9,14,18H,4-5H2,1-3H3. The maximum absolute atomic E-state index is 4.42. The maximum Gasteiger partial charge on any atom is 0.0770 e. The number of rotatable bonds is 5. The summed E-state index contributed by atoms with van der Waals surface area (Å²) >= 11 is 7.32. The van der Waals surface area contributed by atoms with Crippen molar-refractivity contribution in [2.45, 2.75) is 33.4 Å². The Morgan fingerprint density at radius 2 is 2.00 bits per heavy atom. The predicted molar refractivity (Wildman–Crippen MR) is 90.0 cm³/mol. The number of nitrogens with zero attached hydrogens (tertiary/aromatic N) is 2. The summed E-state index contributed by atoms with van der Waals surface area (Å²) in [5.74, 6) is 0. The molecule has 2 aromatic rings. The topological polar surface area (TPSA) is 29.9 Å². The summed E-state index contributed by atoms with van der Waals surface area (Å²) in [4.78, 5) is 0. The van der Waals surface area contributed by atoms with Crippen molar-refractivity contribution in [2.24, 2.45) is 0 Å². The highest BCUT2D eigenvalue weighted by molar-refractivity contribution is 9.10. The zero-order valence-corrected chi connectivity index (χ0v) is 15.1. The van der Waals surface area contributed by atoms with Crippen molar-refractivity contribution in [1.82, 2.24) is 15.1 Å². The summed E-state index contributed by atoms with van der Waals surface area (Å²) in [6.07, 6.45) is 1.87. The lowest BCUT2D eigenvalue weighted by atomic mass is 10.0. The zero-order chi connectivity index (χ0) is 14.7. The van der Waals surface area contributed by atoms with Gasteiger partial charge in [0, 0.05) is 11.0 Å². The smallest absolute Gasteiger partial charge is 0.0770 e. The Bertz CT molecular complexity index is 593. The zero-order valence-electron chi connectivity index (χ0n) is 12.0. The minimum atomic E-state index is 0.117. The Morgan fingerprint density at radius 3 is 2.60 bits per heavy atom. The molecule has 0 radical (unpaired) electrons. The van der Waals surface area contributed by atoms with E-state index in [1.54, 1.807) is 0 Å². The fraction of sp³-hybridized carbons (Fsp3) is 0.400. The molecule has 0 aliphatic heterocycles. The first-order valence-electron chi connectivity index (χ1n) is 6.79. The second-order valence-electron chi connectivity index (χ2n) is 4.71. The average Bonchev–Trinajstić information content (AvgIpc) is 2.78. The monoisotopic (exact) mass is 399 g/mol. The van der Waals surface area contributed by atoms with Crippen molar-refractivity contribution in [2.75, 3.05) is 6.54 Å². The molecular formula is C15H19Br2N3. The molecule has 1 heterocycles. The first kappa shape index (κ1) is 15.7. The van der Waals surface area contributed by atoms with Crippen LogP contribution >= 0.6 is 31.9 Å². The molecule has 0 aliphatic rings. The Hall–Kier alpha value is -0.650. The third-order valence-electron chi connectivity index (χ3n) is 3.28. The molecule has 1 aromatic heterocycles. The largest absolute Gasteiger partial charge is 0.305 e. The normalized spacial score (nSPS) is 12.7. The van der Waals surface area contributed by atoms with Crippen LogP contribution in [0.1, 0.15) is 36.7 Å². The molecule has 0 aliphatic carbocycles. The molecule has 1 aromatic carbocycles. The molecule has 0 saturated heterocycles. The van der Waals surface area contributed by atoms with Crippen molar-refractivity contribution in [1.29, 1.82) is 0 Å². The van der Waals surface area contributed by atoms with Gasteiger partial charge in [-0.15, -0.1) is 0 Å². The first-order chi connectivity index (χ1) is 9.58. The Balaban J connectivity index is 2.53. The lowest BCUT2D eigenvalue weighted by Gasteiger charge is -2.22. The number of hydrogen-bond acceptors (Lipinski definition) is 2. The number of aromatic nitrogens is 2. The van der Waals surface area contributed by atoms with Crippen LogP contribution in [0.2, 0.25) is 0 Å². The molecule has 0 saturated carbocycles. The van der Waals surface area contributed by atoms with E-state index in [9.17, 15) is 0 Å². The third-order valence-corrected chi connectivity index (χ3v) is 4.58. The minimum Gasteiger partial charge on any atom is -0.305 e. The quantitative estimate of drug-likeness (QED) is 0.804. The molecule has 1 unspecified atom stereocenters. The molecule has 0 amide bonds. The molecule has 20 heavy (non-hydrogen) atoms. The van der Waals surface area contributed by atoms with E-state index in [1.165, 1.54) is 16.8 Å². The fourth-order valence-electron chi connectivity index (χ4n) is 2.34. The molecule has 0 fully saturated rings. The summed E-state index contributed by atoms with van der Waals surface area (Å²) in [6.45, 7) is 8.08. The van der Waals surface area contributed by atoms with Gasteiger partial charge in [0.05, 0.1) is 22.4 Å². The lowest BCUT2D eigenvalue weighted by molar-refractivity contribution is 0.539. The molecule has 0 bridgehead atoms. The molecule has 5 heteroatoms. The van der Waals surface area contributed by atoms with Gasteiger partial charge < -0.3 is 5.32 Å². The summed E-state index contributed by atoms with van der Waals surface area (Å²) < 4.78 is 4.20. The third kappa shape index (κ3) is 3.15. The molecule has 1 atom stereocenters. The van der Waals surface area contributed by atoms with Crippen LogP contribution < -0.4 is 5.32 Å². The van der Waals surface area contributed by atoms with Crippen LogP contribution in [0, 0.1) is 6.92 Å². The molecule has 0 spiro atoms. The van der Waals surface area contributed by atoms with Gasteiger partial charge >= 0.3 is 0 Å². The highest BCUT2D eigenvalue weighted by atomic mass is 79.9. The van der Waals surface area contributed by atoms with Crippen molar-refractivity contribution in [3.8, 4) is 0 Å². The van der Waals surface area contributed by atoms with Gasteiger partial charge in [-0.2, -0.15) is 5.10 Å². The fourth-order valence-corrected chi connectivity index (χ4v) is 3.58. The van der Waals surface area contributed by atoms with E-state index in [4.69, 9.17) is 0 Å². The van der Waals surface area contributed by atoms with Crippen molar-refractivity contribution in [3.05, 3.63) is 50.2 Å². The van der Waals surface area contributed by atoms with Crippen LogP contribution in [0.3, 0.4) is 0 Å². The molecule has 108 valence electrons. The summed E-state index contributed by atoms with van der Waals surface area (Å²) in [5.41, 5.74) is 3.64. The molecular weight excluding hydrogens is 382 g/mol. The van der Waals surface area contributed by atoms with Gasteiger partial charge in [0.15, 0.2) is 0 Å². The Morgan fingerprint density at radius 1 is 1.25 bits per heavy atom. The van der Waals surface area contributed by atoms with Crippen LogP contribution in [0.25, 0.3) is 0 Å². The van der Waals surface area contributed by atoms with E-state index in [0.29, 0.717) is 0 Å². The van der Waals surface area contributed by atoms with Crippen LogP contribution in [0.15, 0.2) is 33.3 Å². The Kier molecular flexibility index (Phi) is 5.41. The summed E-state index contributed by atoms with van der Waals surface area (Å²) in [5, 5.41) is 7.98. The number of benzene rings is 1. The van der Waals surface area contributed by atoms with Gasteiger partial charge in [0.25, 0.3) is 0 Å². The SMILES string of the molecule is CCNC(c1ccc(C)cc1Br)c1c(Br)cnn1CC. The molecule has 1 N–H and O–H groups in total. The van der Waals surface area contributed by atoms with Gasteiger partial charge in [0.1, 0.15) is 0 Å². The lowest BCUT2D eigenvalue weighted by Crippen LogP contribution is -2.25. The number of halogens is 2. The summed E-state index contributed by atoms with van der Waals surface area (Å²) in [7, 11) is 0. The van der Waals surface area contributed by atoms with E-state index in [0.717, 1.165) is 22.0 Å². The average molecular weight is 401 g/mol. The number of hydrogen-bond donors (Lipinski definition) is 1. The van der Waals surface area contributed by atoms with E-state index >= 15 is 0 Å². The maximum atomic E-state index is 4.42. The van der Waals surface area contributed by atoms with E-state index in [-0.39, 0.29) is 6.04 Å². The van der Waals surface area contributed by atoms with Crippen molar-refractivity contribution in [3.63, 3.8) is 0 Å². The van der Waals surface area contributed by atoms with Gasteiger partial charge in [-0.1, -0.05) is 35.0 Å². The highest BCUT2D eigenvalue weighted by Crippen LogP contribution is 2.33. The van der Waals surface area contributed by atoms with E-state index < -0.39 is 0 Å². The second kappa shape index (κ2) is 6.87.